The number of aryl methyl sites for hydroxylation is 1. The van der Waals surface area contributed by atoms with Crippen LogP contribution in [0.3, 0.4) is 0 Å². The van der Waals surface area contributed by atoms with E-state index in [1.165, 1.54) is 17.7 Å². The minimum Gasteiger partial charge on any atom is -0.543 e. The summed E-state index contributed by atoms with van der Waals surface area (Å²) in [5.41, 5.74) is 7.62. The van der Waals surface area contributed by atoms with Gasteiger partial charge in [-0.2, -0.15) is 0 Å². The minimum atomic E-state index is -2.13. The molecule has 4 aromatic rings. The fourth-order valence-electron chi connectivity index (χ4n) is 5.64. The smallest absolute Gasteiger partial charge is 0.250 e. The molecule has 1 atom stereocenters. The first kappa shape index (κ1) is 36.7. The number of nitrogens with zero attached hydrogens (tertiary/aromatic N) is 1. The molecule has 1 aliphatic heterocycles. The van der Waals surface area contributed by atoms with Crippen LogP contribution in [0.4, 0.5) is 10.1 Å². The van der Waals surface area contributed by atoms with E-state index in [1.807, 2.05) is 17.0 Å². The van der Waals surface area contributed by atoms with Gasteiger partial charge in [-0.05, 0) is 119 Å². The van der Waals surface area contributed by atoms with Crippen molar-refractivity contribution in [2.45, 2.75) is 103 Å². The fraction of sp³-hybridized carbons (Fsp3) is 0.405. The lowest BCUT2D eigenvalue weighted by molar-refractivity contribution is -0.122. The lowest BCUT2D eigenvalue weighted by Crippen LogP contribution is -2.43. The van der Waals surface area contributed by atoms with Gasteiger partial charge in [0, 0.05) is 18.7 Å². The number of amides is 1. The van der Waals surface area contributed by atoms with Gasteiger partial charge in [-0.25, -0.2) is 4.39 Å². The molecule has 1 amide bonds. The van der Waals surface area contributed by atoms with Crippen molar-refractivity contribution in [2.75, 3.05) is 11.4 Å². The number of anilines is 1. The molecule has 0 aromatic heterocycles. The average molecular weight is 696 g/mol. The zero-order valence-corrected chi connectivity index (χ0v) is 33.1. The number of halogens is 1. The standard InChI is InChI=1S/C42H54FNO3Si2/c1-41(2,3)48(7,8)46-37-13-11-12-33(29-37)30-14-16-31(17-15-30)38-24-23-36(44-27-26-40(44)45)28-34(38)20-25-39(32-18-21-35(43)22-19-32)47-49(9,10)42(4,5)6/h11-19,21-24,28-29,39H,20,25-27H2,1-10H3/t39-/m0/s1. The van der Waals surface area contributed by atoms with E-state index in [4.69, 9.17) is 8.85 Å². The molecule has 4 nitrogen and oxygen atoms in total. The highest BCUT2D eigenvalue weighted by Gasteiger charge is 2.40. The maximum Gasteiger partial charge on any atom is 0.250 e. The number of β-lactam (4-membered cyclic amide) rings is 1. The zero-order valence-electron chi connectivity index (χ0n) is 31.1. The summed E-state index contributed by atoms with van der Waals surface area (Å²) >= 11 is 0. The van der Waals surface area contributed by atoms with Crippen LogP contribution in [-0.2, 0) is 15.6 Å². The van der Waals surface area contributed by atoms with Crippen LogP contribution in [0.5, 0.6) is 5.75 Å². The summed E-state index contributed by atoms with van der Waals surface area (Å²) in [4.78, 5) is 14.3. The van der Waals surface area contributed by atoms with Crippen LogP contribution in [0.2, 0.25) is 36.3 Å². The summed E-state index contributed by atoms with van der Waals surface area (Å²) in [6.07, 6.45) is 1.90. The minimum absolute atomic E-state index is 0.0341. The Balaban J connectivity index is 1.45. The van der Waals surface area contributed by atoms with Gasteiger partial charge in [0.2, 0.25) is 14.2 Å². The quantitative estimate of drug-likeness (QED) is 0.116. The maximum absolute atomic E-state index is 14.0. The van der Waals surface area contributed by atoms with E-state index in [1.54, 1.807) is 0 Å². The lowest BCUT2D eigenvalue weighted by atomic mass is 9.92. The van der Waals surface area contributed by atoms with Gasteiger partial charge in [0.15, 0.2) is 8.32 Å². The first-order chi connectivity index (χ1) is 22.8. The van der Waals surface area contributed by atoms with Crippen molar-refractivity contribution in [3.05, 3.63) is 108 Å². The van der Waals surface area contributed by atoms with Gasteiger partial charge in [0.05, 0.1) is 6.10 Å². The third-order valence-electron chi connectivity index (χ3n) is 11.0. The number of hydrogen-bond donors (Lipinski definition) is 0. The molecule has 0 N–H and O–H groups in total. The van der Waals surface area contributed by atoms with Crippen molar-refractivity contribution in [1.82, 2.24) is 0 Å². The summed E-state index contributed by atoms with van der Waals surface area (Å²) in [7, 11) is -4.09. The molecule has 0 saturated carbocycles. The molecule has 1 fully saturated rings. The molecule has 1 saturated heterocycles. The summed E-state index contributed by atoms with van der Waals surface area (Å²) in [5.74, 6) is 0.831. The van der Waals surface area contributed by atoms with E-state index < -0.39 is 16.6 Å². The Bertz CT molecular complexity index is 1770. The Hall–Kier alpha value is -3.53. The normalized spacial score (nSPS) is 14.8. The first-order valence-corrected chi connectivity index (χ1v) is 23.4. The number of carbonyl (C=O) groups excluding carboxylic acids is 1. The van der Waals surface area contributed by atoms with Gasteiger partial charge in [-0.1, -0.05) is 96.1 Å². The van der Waals surface area contributed by atoms with Crippen LogP contribution in [0.1, 0.15) is 71.6 Å². The number of hydrogen-bond acceptors (Lipinski definition) is 3. The Labute approximate surface area is 295 Å². The highest BCUT2D eigenvalue weighted by atomic mass is 28.4. The summed E-state index contributed by atoms with van der Waals surface area (Å²) in [6, 6.07) is 30.3. The van der Waals surface area contributed by atoms with Crippen LogP contribution in [-0.4, -0.2) is 29.1 Å². The Morgan fingerprint density at radius 2 is 1.39 bits per heavy atom. The lowest BCUT2D eigenvalue weighted by Gasteiger charge is -2.39. The predicted molar refractivity (Wildman–Crippen MR) is 208 cm³/mol. The SMILES string of the molecule is CC(C)(C)[Si](C)(C)Oc1cccc(-c2ccc(-c3ccc(N4CCC4=O)cc3CC[C@H](O[Si](C)(C)C(C)(C)C)c3ccc(F)cc3)cc2)c1. The van der Waals surface area contributed by atoms with Crippen molar-refractivity contribution < 1.29 is 18.0 Å². The molecule has 260 valence electrons. The maximum atomic E-state index is 14.0. The topological polar surface area (TPSA) is 38.8 Å². The fourth-order valence-corrected chi connectivity index (χ4v) is 7.98. The van der Waals surface area contributed by atoms with E-state index in [0.29, 0.717) is 6.42 Å². The summed E-state index contributed by atoms with van der Waals surface area (Å²) in [6.45, 7) is 23.3. The molecule has 7 heteroatoms. The van der Waals surface area contributed by atoms with Crippen molar-refractivity contribution in [1.29, 1.82) is 0 Å². The van der Waals surface area contributed by atoms with Gasteiger partial charge in [0.1, 0.15) is 11.6 Å². The van der Waals surface area contributed by atoms with Crippen molar-refractivity contribution in [3.63, 3.8) is 0 Å². The van der Waals surface area contributed by atoms with Crippen molar-refractivity contribution >= 4 is 28.2 Å². The van der Waals surface area contributed by atoms with Crippen molar-refractivity contribution in [3.8, 4) is 28.0 Å². The monoisotopic (exact) mass is 695 g/mol. The van der Waals surface area contributed by atoms with Crippen molar-refractivity contribution in [2.24, 2.45) is 0 Å². The Morgan fingerprint density at radius 1 is 0.755 bits per heavy atom. The zero-order chi connectivity index (χ0) is 35.8. The third kappa shape index (κ3) is 8.44. The third-order valence-corrected chi connectivity index (χ3v) is 19.8. The van der Waals surface area contributed by atoms with Crippen LogP contribution >= 0.6 is 0 Å². The van der Waals surface area contributed by atoms with Gasteiger partial charge < -0.3 is 13.8 Å². The molecule has 0 bridgehead atoms. The summed E-state index contributed by atoms with van der Waals surface area (Å²) in [5, 5.41) is 0.156. The molecule has 1 aliphatic rings. The van der Waals surface area contributed by atoms with Crippen LogP contribution in [0, 0.1) is 5.82 Å². The van der Waals surface area contributed by atoms with Gasteiger partial charge in [-0.15, -0.1) is 0 Å². The molecule has 0 unspecified atom stereocenters. The Morgan fingerprint density at radius 3 is 1.96 bits per heavy atom. The second-order valence-corrected chi connectivity index (χ2v) is 26.0. The average Bonchev–Trinajstić information content (AvgIpc) is 3.02. The van der Waals surface area contributed by atoms with Gasteiger partial charge in [0.25, 0.3) is 0 Å². The van der Waals surface area contributed by atoms with Crippen LogP contribution < -0.4 is 9.33 Å². The molecule has 0 aliphatic carbocycles. The van der Waals surface area contributed by atoms with E-state index >= 15 is 0 Å². The number of benzene rings is 4. The highest BCUT2D eigenvalue weighted by molar-refractivity contribution is 6.75. The number of carbonyl (C=O) groups is 1. The summed E-state index contributed by atoms with van der Waals surface area (Å²) < 4.78 is 27.6. The van der Waals surface area contributed by atoms with Gasteiger partial charge in [-0.3, -0.25) is 4.79 Å². The molecule has 49 heavy (non-hydrogen) atoms. The van der Waals surface area contributed by atoms with Gasteiger partial charge >= 0.3 is 0 Å². The highest BCUT2D eigenvalue weighted by Crippen LogP contribution is 2.42. The van der Waals surface area contributed by atoms with E-state index in [-0.39, 0.29) is 27.9 Å². The van der Waals surface area contributed by atoms with E-state index in [2.05, 4.69) is 134 Å². The molecule has 0 radical (unpaired) electrons. The molecular weight excluding hydrogens is 642 g/mol. The largest absolute Gasteiger partial charge is 0.543 e. The molecular formula is C42H54FNO3Si2. The molecule has 0 spiro atoms. The second-order valence-electron chi connectivity index (χ2n) is 16.6. The number of rotatable bonds is 11. The molecule has 4 aromatic carbocycles. The predicted octanol–water partition coefficient (Wildman–Crippen LogP) is 12.0. The Kier molecular flexibility index (Phi) is 10.5. The van der Waals surface area contributed by atoms with Crippen LogP contribution in [0.25, 0.3) is 22.3 Å². The second kappa shape index (κ2) is 14.0. The van der Waals surface area contributed by atoms with E-state index in [0.717, 1.165) is 58.6 Å². The molecule has 1 heterocycles. The van der Waals surface area contributed by atoms with E-state index in [9.17, 15) is 9.18 Å². The van der Waals surface area contributed by atoms with Crippen LogP contribution in [0.15, 0.2) is 91.0 Å². The molecule has 5 rings (SSSR count). The first-order valence-electron chi connectivity index (χ1n) is 17.6.